The van der Waals surface area contributed by atoms with Gasteiger partial charge in [-0.2, -0.15) is 0 Å². The zero-order valence-electron chi connectivity index (χ0n) is 7.20. The van der Waals surface area contributed by atoms with Gasteiger partial charge in [-0.1, -0.05) is 0 Å². The lowest BCUT2D eigenvalue weighted by atomic mass is 10.3. The summed E-state index contributed by atoms with van der Waals surface area (Å²) in [5.74, 6) is -0.404. The molecule has 2 aliphatic heterocycles. The molecule has 0 bridgehead atoms. The van der Waals surface area contributed by atoms with Crippen molar-refractivity contribution < 1.29 is 19.1 Å². The van der Waals surface area contributed by atoms with Gasteiger partial charge in [-0.25, -0.2) is 9.59 Å². The van der Waals surface area contributed by atoms with Gasteiger partial charge in [0, 0.05) is 12.4 Å². The first-order valence-corrected chi connectivity index (χ1v) is 4.04. The molecule has 0 aromatic heterocycles. The van der Waals surface area contributed by atoms with Crippen molar-refractivity contribution in [3.05, 3.63) is 23.9 Å². The highest BCUT2D eigenvalue weighted by Gasteiger charge is 2.21. The number of carbonyl (C=O) groups is 2. The van der Waals surface area contributed by atoms with E-state index in [1.807, 2.05) is 0 Å². The maximum Gasteiger partial charge on any atom is 0.330 e. The average Bonchev–Trinajstić information content (AvgIpc) is 2.18. The van der Waals surface area contributed by atoms with Crippen LogP contribution in [0.1, 0.15) is 0 Å². The smallest absolute Gasteiger partial charge is 0.330 e. The van der Waals surface area contributed by atoms with Crippen LogP contribution < -0.4 is 10.6 Å². The van der Waals surface area contributed by atoms with Crippen molar-refractivity contribution in [1.82, 2.24) is 10.6 Å². The van der Waals surface area contributed by atoms with Gasteiger partial charge in [0.25, 0.3) is 0 Å². The molecule has 0 aromatic rings. The third kappa shape index (κ3) is 1.68. The summed E-state index contributed by atoms with van der Waals surface area (Å²) < 4.78 is 9.70. The minimum atomic E-state index is -0.412. The molecule has 6 nitrogen and oxygen atoms in total. The zero-order valence-corrected chi connectivity index (χ0v) is 7.20. The van der Waals surface area contributed by atoms with E-state index in [2.05, 4.69) is 10.6 Å². The standard InChI is InChI=1S/C8H8N2O4/c11-7-3-9-1-5(13-7)6-2-10-4-8(12)14-6/h1-2,9-10H,3-4H2. The fraction of sp³-hybridized carbons (Fsp3) is 0.250. The van der Waals surface area contributed by atoms with Crippen LogP contribution in [0.25, 0.3) is 0 Å². The molecule has 0 radical (unpaired) electrons. The number of hydrogen-bond donors (Lipinski definition) is 2. The Morgan fingerprint density at radius 3 is 1.71 bits per heavy atom. The third-order valence-corrected chi connectivity index (χ3v) is 1.65. The number of cyclic esters (lactones) is 2. The lowest BCUT2D eigenvalue weighted by Gasteiger charge is -2.19. The molecule has 74 valence electrons. The Bertz CT molecular complexity index is 311. The molecule has 0 aliphatic carbocycles. The van der Waals surface area contributed by atoms with Crippen LogP contribution in [0.4, 0.5) is 0 Å². The molecule has 2 heterocycles. The number of rotatable bonds is 1. The summed E-state index contributed by atoms with van der Waals surface area (Å²) >= 11 is 0. The van der Waals surface area contributed by atoms with Crippen LogP contribution in [0.5, 0.6) is 0 Å². The van der Waals surface area contributed by atoms with Gasteiger partial charge in [0.05, 0.1) is 0 Å². The van der Waals surface area contributed by atoms with E-state index in [1.54, 1.807) is 0 Å². The van der Waals surface area contributed by atoms with Gasteiger partial charge < -0.3 is 20.1 Å². The van der Waals surface area contributed by atoms with Gasteiger partial charge in [0.15, 0.2) is 11.5 Å². The number of hydrogen-bond acceptors (Lipinski definition) is 6. The van der Waals surface area contributed by atoms with Crippen LogP contribution in [0.2, 0.25) is 0 Å². The molecule has 0 atom stereocenters. The van der Waals surface area contributed by atoms with Gasteiger partial charge in [0.2, 0.25) is 0 Å². The fourth-order valence-corrected chi connectivity index (χ4v) is 1.07. The van der Waals surface area contributed by atoms with Crippen LogP contribution in [-0.4, -0.2) is 25.0 Å². The summed E-state index contributed by atoms with van der Waals surface area (Å²) in [6.45, 7) is 0.246. The maximum absolute atomic E-state index is 10.9. The lowest BCUT2D eigenvalue weighted by Crippen LogP contribution is -2.31. The fourth-order valence-electron chi connectivity index (χ4n) is 1.07. The Morgan fingerprint density at radius 2 is 1.36 bits per heavy atom. The minimum absolute atomic E-state index is 0.123. The Kier molecular flexibility index (Phi) is 2.10. The monoisotopic (exact) mass is 196 g/mol. The Balaban J connectivity index is 2.14. The molecule has 0 aromatic carbocycles. The molecule has 0 saturated carbocycles. The minimum Gasteiger partial charge on any atom is -0.420 e. The Hall–Kier alpha value is -1.98. The number of esters is 2. The van der Waals surface area contributed by atoms with Gasteiger partial charge in [0.1, 0.15) is 13.1 Å². The highest BCUT2D eigenvalue weighted by atomic mass is 16.6. The maximum atomic E-state index is 10.9. The normalized spacial score (nSPS) is 20.9. The first-order valence-electron chi connectivity index (χ1n) is 4.04. The summed E-state index contributed by atoms with van der Waals surface area (Å²) in [5, 5.41) is 5.40. The van der Waals surface area contributed by atoms with E-state index in [9.17, 15) is 9.59 Å². The highest BCUT2D eigenvalue weighted by Crippen LogP contribution is 2.16. The average molecular weight is 196 g/mol. The topological polar surface area (TPSA) is 76.7 Å². The van der Waals surface area contributed by atoms with Crippen LogP contribution >= 0.6 is 0 Å². The molecular weight excluding hydrogens is 188 g/mol. The molecule has 0 amide bonds. The van der Waals surface area contributed by atoms with Crippen LogP contribution in [0.3, 0.4) is 0 Å². The molecule has 2 N–H and O–H groups in total. The molecule has 14 heavy (non-hydrogen) atoms. The van der Waals surface area contributed by atoms with E-state index in [0.29, 0.717) is 0 Å². The molecule has 0 saturated heterocycles. The van der Waals surface area contributed by atoms with Gasteiger partial charge >= 0.3 is 11.9 Å². The molecule has 0 unspecified atom stereocenters. The first-order chi connectivity index (χ1) is 6.75. The van der Waals surface area contributed by atoms with Crippen molar-refractivity contribution >= 4 is 11.9 Å². The van der Waals surface area contributed by atoms with Gasteiger partial charge in [-0.15, -0.1) is 0 Å². The van der Waals surface area contributed by atoms with E-state index < -0.39 is 11.9 Å². The SMILES string of the molecule is O=C1CNC=C(C2=CNCC(=O)O2)O1. The second-order valence-corrected chi connectivity index (χ2v) is 2.73. The van der Waals surface area contributed by atoms with Crippen molar-refractivity contribution in [3.63, 3.8) is 0 Å². The molecular formula is C8H8N2O4. The van der Waals surface area contributed by atoms with Crippen LogP contribution in [0.15, 0.2) is 23.9 Å². The quantitative estimate of drug-likeness (QED) is 0.522. The van der Waals surface area contributed by atoms with Crippen LogP contribution in [-0.2, 0) is 19.1 Å². The van der Waals surface area contributed by atoms with Gasteiger partial charge in [-0.05, 0) is 0 Å². The Morgan fingerprint density at radius 1 is 0.929 bits per heavy atom. The van der Waals surface area contributed by atoms with Crippen molar-refractivity contribution in [1.29, 1.82) is 0 Å². The second-order valence-electron chi connectivity index (χ2n) is 2.73. The summed E-state index contributed by atoms with van der Waals surface area (Å²) in [6.07, 6.45) is 2.96. The van der Waals surface area contributed by atoms with E-state index in [-0.39, 0.29) is 24.6 Å². The molecule has 2 rings (SSSR count). The van der Waals surface area contributed by atoms with Gasteiger partial charge in [-0.3, -0.25) is 0 Å². The van der Waals surface area contributed by atoms with E-state index in [1.165, 1.54) is 12.4 Å². The number of carbonyl (C=O) groups excluding carboxylic acids is 2. The summed E-state index contributed by atoms with van der Waals surface area (Å²) in [6, 6.07) is 0. The predicted octanol–water partition coefficient (Wildman–Crippen LogP) is -1.04. The largest absolute Gasteiger partial charge is 0.420 e. The summed E-state index contributed by atoms with van der Waals surface area (Å²) in [4.78, 5) is 21.8. The third-order valence-electron chi connectivity index (χ3n) is 1.65. The number of nitrogens with one attached hydrogen (secondary N) is 2. The van der Waals surface area contributed by atoms with Crippen molar-refractivity contribution in [3.8, 4) is 0 Å². The second kappa shape index (κ2) is 3.41. The van der Waals surface area contributed by atoms with Crippen molar-refractivity contribution in [2.45, 2.75) is 0 Å². The lowest BCUT2D eigenvalue weighted by molar-refractivity contribution is -0.144. The predicted molar refractivity (Wildman–Crippen MR) is 44.4 cm³/mol. The summed E-state index contributed by atoms with van der Waals surface area (Å²) in [5.41, 5.74) is 0. The highest BCUT2D eigenvalue weighted by molar-refractivity contribution is 5.77. The molecule has 0 spiro atoms. The summed E-state index contributed by atoms with van der Waals surface area (Å²) in [7, 11) is 0. The molecule has 0 fully saturated rings. The zero-order chi connectivity index (χ0) is 9.97. The van der Waals surface area contributed by atoms with E-state index in [0.717, 1.165) is 0 Å². The first kappa shape index (κ1) is 8.61. The van der Waals surface area contributed by atoms with E-state index in [4.69, 9.17) is 9.47 Å². The number of ether oxygens (including phenoxy) is 2. The van der Waals surface area contributed by atoms with Crippen molar-refractivity contribution in [2.75, 3.05) is 13.1 Å². The Labute approximate surface area is 79.6 Å². The molecule has 6 heteroatoms. The molecule has 2 aliphatic rings. The van der Waals surface area contributed by atoms with E-state index >= 15 is 0 Å². The van der Waals surface area contributed by atoms with Crippen LogP contribution in [0, 0.1) is 0 Å². The van der Waals surface area contributed by atoms with Crippen molar-refractivity contribution in [2.24, 2.45) is 0 Å².